The molecule has 0 amide bonds. The third-order valence-electron chi connectivity index (χ3n) is 2.95. The lowest BCUT2D eigenvalue weighted by molar-refractivity contribution is 0.473. The summed E-state index contributed by atoms with van der Waals surface area (Å²) in [6.45, 7) is 0. The predicted molar refractivity (Wildman–Crippen MR) is 73.1 cm³/mol. The molecule has 100 valence electrons. The molecule has 19 heavy (non-hydrogen) atoms. The number of aryl methyl sites for hydroxylation is 2. The molecule has 1 aliphatic carbocycles. The minimum atomic E-state index is -3.69. The van der Waals surface area contributed by atoms with E-state index in [0.29, 0.717) is 5.13 Å². The zero-order chi connectivity index (χ0) is 13.5. The van der Waals surface area contributed by atoms with Crippen molar-refractivity contribution in [3.8, 4) is 5.75 Å². The Labute approximate surface area is 115 Å². The van der Waals surface area contributed by atoms with Crippen molar-refractivity contribution in [2.24, 2.45) is 0 Å². The fourth-order valence-corrected chi connectivity index (χ4v) is 4.38. The van der Waals surface area contributed by atoms with Crippen molar-refractivity contribution in [1.82, 2.24) is 4.98 Å². The quantitative estimate of drug-likeness (QED) is 0.909. The van der Waals surface area contributed by atoms with Crippen molar-refractivity contribution in [3.63, 3.8) is 0 Å². The Morgan fingerprint density at radius 2 is 2.16 bits per heavy atom. The number of sulfonamides is 1. The highest BCUT2D eigenvalue weighted by molar-refractivity contribution is 7.93. The Hall–Kier alpha value is -1.60. The number of nitrogens with zero attached hydrogens (tertiary/aromatic N) is 1. The van der Waals surface area contributed by atoms with Gasteiger partial charge in [0.05, 0.1) is 10.6 Å². The molecule has 0 radical (unpaired) electrons. The summed E-state index contributed by atoms with van der Waals surface area (Å²) < 4.78 is 26.7. The number of rotatable bonds is 3. The molecule has 7 heteroatoms. The van der Waals surface area contributed by atoms with E-state index in [1.165, 1.54) is 35.6 Å². The van der Waals surface area contributed by atoms with Crippen molar-refractivity contribution in [2.75, 3.05) is 4.72 Å². The first-order valence-corrected chi connectivity index (χ1v) is 8.15. The Kier molecular flexibility index (Phi) is 2.94. The molecule has 0 aliphatic heterocycles. The smallest absolute Gasteiger partial charge is 0.263 e. The first-order valence-electron chi connectivity index (χ1n) is 5.85. The van der Waals surface area contributed by atoms with Gasteiger partial charge < -0.3 is 5.11 Å². The number of phenolic OH excluding ortho intramolecular Hbond substituents is 1. The van der Waals surface area contributed by atoms with Crippen LogP contribution in [0.25, 0.3) is 0 Å². The van der Waals surface area contributed by atoms with E-state index in [1.807, 2.05) is 0 Å². The SMILES string of the molecule is O=S(=O)(Nc1nc2c(s1)CCC2)c1cccc(O)c1. The highest BCUT2D eigenvalue weighted by Crippen LogP contribution is 2.31. The van der Waals surface area contributed by atoms with Gasteiger partial charge in [-0.2, -0.15) is 0 Å². The van der Waals surface area contributed by atoms with Crippen molar-refractivity contribution in [2.45, 2.75) is 24.2 Å². The van der Waals surface area contributed by atoms with E-state index < -0.39 is 10.0 Å². The maximum absolute atomic E-state index is 12.1. The van der Waals surface area contributed by atoms with Gasteiger partial charge in [-0.3, -0.25) is 4.72 Å². The van der Waals surface area contributed by atoms with Crippen molar-refractivity contribution < 1.29 is 13.5 Å². The molecule has 1 aliphatic rings. The van der Waals surface area contributed by atoms with Gasteiger partial charge >= 0.3 is 0 Å². The van der Waals surface area contributed by atoms with Gasteiger partial charge in [0.2, 0.25) is 0 Å². The molecule has 3 rings (SSSR count). The average molecular weight is 296 g/mol. The largest absolute Gasteiger partial charge is 0.508 e. The second-order valence-corrected chi connectivity index (χ2v) is 7.11. The van der Waals surface area contributed by atoms with E-state index in [2.05, 4.69) is 9.71 Å². The second-order valence-electron chi connectivity index (χ2n) is 4.35. The molecule has 1 aromatic carbocycles. The normalized spacial score (nSPS) is 14.3. The Balaban J connectivity index is 1.89. The topological polar surface area (TPSA) is 79.3 Å². The van der Waals surface area contributed by atoms with Gasteiger partial charge in [0.25, 0.3) is 10.0 Å². The fourth-order valence-electron chi connectivity index (χ4n) is 2.06. The number of hydrogen-bond donors (Lipinski definition) is 2. The summed E-state index contributed by atoms with van der Waals surface area (Å²) >= 11 is 1.38. The van der Waals surface area contributed by atoms with Crippen LogP contribution in [0.5, 0.6) is 5.75 Å². The summed E-state index contributed by atoms with van der Waals surface area (Å²) in [6, 6.07) is 5.57. The minimum Gasteiger partial charge on any atom is -0.508 e. The minimum absolute atomic E-state index is 0.0304. The van der Waals surface area contributed by atoms with Crippen LogP contribution in [-0.4, -0.2) is 18.5 Å². The molecule has 0 atom stereocenters. The van der Waals surface area contributed by atoms with E-state index >= 15 is 0 Å². The highest BCUT2D eigenvalue weighted by Gasteiger charge is 2.21. The molecule has 5 nitrogen and oxygen atoms in total. The van der Waals surface area contributed by atoms with Gasteiger partial charge in [-0.1, -0.05) is 6.07 Å². The number of aromatic nitrogens is 1. The van der Waals surface area contributed by atoms with Crippen molar-refractivity contribution in [1.29, 1.82) is 0 Å². The first kappa shape index (κ1) is 12.4. The van der Waals surface area contributed by atoms with Gasteiger partial charge in [0.15, 0.2) is 5.13 Å². The van der Waals surface area contributed by atoms with Gasteiger partial charge in [-0.15, -0.1) is 11.3 Å². The van der Waals surface area contributed by atoms with Gasteiger partial charge in [0.1, 0.15) is 5.75 Å². The number of aromatic hydroxyl groups is 1. The van der Waals surface area contributed by atoms with Gasteiger partial charge in [-0.05, 0) is 31.4 Å². The Bertz CT molecular complexity index is 701. The number of fused-ring (bicyclic) bond motifs is 1. The lowest BCUT2D eigenvalue weighted by Crippen LogP contribution is -2.12. The molecular weight excluding hydrogens is 284 g/mol. The molecule has 0 unspecified atom stereocenters. The predicted octanol–water partition coefficient (Wildman–Crippen LogP) is 2.14. The van der Waals surface area contributed by atoms with E-state index in [0.717, 1.165) is 29.8 Å². The molecule has 0 fully saturated rings. The van der Waals surface area contributed by atoms with Crippen LogP contribution in [0.15, 0.2) is 29.2 Å². The summed E-state index contributed by atoms with van der Waals surface area (Å²) in [5, 5.41) is 9.73. The maximum atomic E-state index is 12.1. The lowest BCUT2D eigenvalue weighted by Gasteiger charge is -2.05. The van der Waals surface area contributed by atoms with Crippen LogP contribution < -0.4 is 4.72 Å². The summed E-state index contributed by atoms with van der Waals surface area (Å²) in [6.07, 6.45) is 2.98. The maximum Gasteiger partial charge on any atom is 0.263 e. The number of hydrogen-bond acceptors (Lipinski definition) is 5. The number of thiazole rings is 1. The monoisotopic (exact) mass is 296 g/mol. The fraction of sp³-hybridized carbons (Fsp3) is 0.250. The van der Waals surface area contributed by atoms with Crippen LogP contribution in [0.4, 0.5) is 5.13 Å². The molecular formula is C12H12N2O3S2. The molecule has 1 aromatic heterocycles. The van der Waals surface area contributed by atoms with E-state index in [4.69, 9.17) is 0 Å². The Morgan fingerprint density at radius 1 is 1.32 bits per heavy atom. The average Bonchev–Trinajstić information content (AvgIpc) is 2.89. The standard InChI is InChI=1S/C12H12N2O3S2/c15-8-3-1-4-9(7-8)19(16,17)14-12-13-10-5-2-6-11(10)18-12/h1,3-4,7,15H,2,5-6H2,(H,13,14). The third-order valence-corrected chi connectivity index (χ3v) is 5.48. The first-order chi connectivity index (χ1) is 9.04. The zero-order valence-corrected chi connectivity index (χ0v) is 11.6. The molecule has 0 spiro atoms. The van der Waals surface area contributed by atoms with Crippen LogP contribution >= 0.6 is 11.3 Å². The lowest BCUT2D eigenvalue weighted by atomic mass is 10.3. The van der Waals surface area contributed by atoms with Crippen LogP contribution in [0.3, 0.4) is 0 Å². The molecule has 0 saturated carbocycles. The Morgan fingerprint density at radius 3 is 2.89 bits per heavy atom. The molecule has 2 N–H and O–H groups in total. The number of anilines is 1. The van der Waals surface area contributed by atoms with E-state index in [1.54, 1.807) is 0 Å². The molecule has 1 heterocycles. The van der Waals surface area contributed by atoms with Gasteiger partial charge in [0, 0.05) is 10.9 Å². The van der Waals surface area contributed by atoms with Crippen LogP contribution in [0.2, 0.25) is 0 Å². The molecule has 2 aromatic rings. The van der Waals surface area contributed by atoms with Crippen LogP contribution in [0, 0.1) is 0 Å². The summed E-state index contributed by atoms with van der Waals surface area (Å²) in [5.74, 6) is -0.0792. The van der Waals surface area contributed by atoms with E-state index in [9.17, 15) is 13.5 Å². The molecule has 0 saturated heterocycles. The highest BCUT2D eigenvalue weighted by atomic mass is 32.2. The van der Waals surface area contributed by atoms with Crippen molar-refractivity contribution in [3.05, 3.63) is 34.8 Å². The summed E-state index contributed by atoms with van der Waals surface area (Å²) in [5.41, 5.74) is 0.999. The zero-order valence-electron chi connectivity index (χ0n) is 9.96. The number of nitrogens with one attached hydrogen (secondary N) is 1. The van der Waals surface area contributed by atoms with Gasteiger partial charge in [-0.25, -0.2) is 13.4 Å². The van der Waals surface area contributed by atoms with E-state index in [-0.39, 0.29) is 10.6 Å². The third kappa shape index (κ3) is 2.43. The summed E-state index contributed by atoms with van der Waals surface area (Å²) in [4.78, 5) is 5.48. The van der Waals surface area contributed by atoms with Crippen LogP contribution in [-0.2, 0) is 22.9 Å². The molecule has 0 bridgehead atoms. The number of benzene rings is 1. The van der Waals surface area contributed by atoms with Crippen molar-refractivity contribution >= 4 is 26.5 Å². The number of phenols is 1. The summed E-state index contributed by atoms with van der Waals surface area (Å²) in [7, 11) is -3.69. The van der Waals surface area contributed by atoms with Crippen LogP contribution in [0.1, 0.15) is 17.0 Å². The second kappa shape index (κ2) is 4.50.